The Morgan fingerprint density at radius 3 is 2.41 bits per heavy atom. The van der Waals surface area contributed by atoms with E-state index in [1.165, 1.54) is 6.07 Å². The van der Waals surface area contributed by atoms with E-state index in [0.29, 0.717) is 25.1 Å². The average molecular weight is 545 g/mol. The summed E-state index contributed by atoms with van der Waals surface area (Å²) >= 11 is 6.72. The SMILES string of the molecule is C[Si](C)(C)CCOCN1C(=O)CCC(F)(c2cccc(-c3ccc(N4CCCCC4=O)cc3)c2Cl)C1=O. The van der Waals surface area contributed by atoms with Crippen molar-refractivity contribution in [1.29, 1.82) is 0 Å². The minimum absolute atomic E-state index is 0.0477. The van der Waals surface area contributed by atoms with Gasteiger partial charge in [0.05, 0.1) is 5.02 Å². The molecule has 9 heteroatoms. The molecule has 1 unspecified atom stereocenters. The van der Waals surface area contributed by atoms with Crippen molar-refractivity contribution in [3.63, 3.8) is 0 Å². The van der Waals surface area contributed by atoms with Gasteiger partial charge in [0.1, 0.15) is 6.73 Å². The molecule has 1 atom stereocenters. The summed E-state index contributed by atoms with van der Waals surface area (Å²) in [6.07, 6.45) is 2.04. The third-order valence-electron chi connectivity index (χ3n) is 7.02. The van der Waals surface area contributed by atoms with Crippen LogP contribution in [0.1, 0.15) is 37.7 Å². The van der Waals surface area contributed by atoms with Gasteiger partial charge in [0, 0.05) is 57.3 Å². The number of ether oxygens (including phenoxy) is 1. The van der Waals surface area contributed by atoms with Gasteiger partial charge in [0.2, 0.25) is 17.5 Å². The van der Waals surface area contributed by atoms with E-state index in [9.17, 15) is 14.4 Å². The number of piperidine rings is 2. The highest BCUT2D eigenvalue weighted by molar-refractivity contribution is 6.76. The van der Waals surface area contributed by atoms with Crippen LogP contribution < -0.4 is 4.90 Å². The molecule has 0 radical (unpaired) electrons. The van der Waals surface area contributed by atoms with Crippen LogP contribution in [-0.2, 0) is 24.8 Å². The smallest absolute Gasteiger partial charge is 0.273 e. The van der Waals surface area contributed by atoms with Gasteiger partial charge in [0.25, 0.3) is 5.91 Å². The predicted octanol–water partition coefficient (Wildman–Crippen LogP) is 6.15. The summed E-state index contributed by atoms with van der Waals surface area (Å²) < 4.78 is 22.0. The molecule has 198 valence electrons. The van der Waals surface area contributed by atoms with Crippen LogP contribution in [-0.4, -0.2) is 50.6 Å². The monoisotopic (exact) mass is 544 g/mol. The summed E-state index contributed by atoms with van der Waals surface area (Å²) in [5.74, 6) is -1.27. The number of rotatable bonds is 8. The van der Waals surface area contributed by atoms with Gasteiger partial charge in [-0.05, 0) is 36.6 Å². The average Bonchev–Trinajstić information content (AvgIpc) is 2.86. The van der Waals surface area contributed by atoms with Crippen molar-refractivity contribution in [3.8, 4) is 11.1 Å². The number of hydrogen-bond donors (Lipinski definition) is 0. The molecule has 0 spiro atoms. The van der Waals surface area contributed by atoms with E-state index in [2.05, 4.69) is 19.6 Å². The van der Waals surface area contributed by atoms with Gasteiger partial charge in [-0.15, -0.1) is 0 Å². The molecule has 37 heavy (non-hydrogen) atoms. The van der Waals surface area contributed by atoms with Crippen molar-refractivity contribution < 1.29 is 23.5 Å². The number of amides is 3. The Morgan fingerprint density at radius 1 is 1.00 bits per heavy atom. The zero-order valence-corrected chi connectivity index (χ0v) is 23.4. The zero-order valence-electron chi connectivity index (χ0n) is 21.7. The molecule has 2 aliphatic rings. The summed E-state index contributed by atoms with van der Waals surface area (Å²) in [5.41, 5.74) is -0.242. The first-order valence-electron chi connectivity index (χ1n) is 12.8. The van der Waals surface area contributed by atoms with Crippen LogP contribution in [0, 0.1) is 0 Å². The van der Waals surface area contributed by atoms with Crippen molar-refractivity contribution in [2.45, 2.75) is 63.5 Å². The van der Waals surface area contributed by atoms with Crippen LogP contribution in [0.5, 0.6) is 0 Å². The molecular weight excluding hydrogens is 511 g/mol. The molecule has 0 aliphatic carbocycles. The lowest BCUT2D eigenvalue weighted by molar-refractivity contribution is -0.166. The first-order chi connectivity index (χ1) is 17.5. The van der Waals surface area contributed by atoms with Crippen molar-refractivity contribution in [2.75, 3.05) is 24.8 Å². The number of carbonyl (C=O) groups excluding carboxylic acids is 3. The molecule has 3 amide bonds. The molecule has 6 nitrogen and oxygen atoms in total. The van der Waals surface area contributed by atoms with E-state index < -0.39 is 25.6 Å². The number of benzene rings is 2. The number of anilines is 1. The van der Waals surface area contributed by atoms with Gasteiger partial charge in [-0.2, -0.15) is 0 Å². The second-order valence-electron chi connectivity index (χ2n) is 11.0. The van der Waals surface area contributed by atoms with Crippen molar-refractivity contribution >= 4 is 43.1 Å². The van der Waals surface area contributed by atoms with Crippen molar-refractivity contribution in [3.05, 3.63) is 53.1 Å². The minimum atomic E-state index is -2.43. The van der Waals surface area contributed by atoms with Crippen LogP contribution in [0.4, 0.5) is 10.1 Å². The Balaban J connectivity index is 1.55. The quantitative estimate of drug-likeness (QED) is 0.227. The largest absolute Gasteiger partial charge is 0.361 e. The van der Waals surface area contributed by atoms with E-state index in [1.807, 2.05) is 24.3 Å². The normalized spacial score (nSPS) is 21.1. The van der Waals surface area contributed by atoms with Crippen molar-refractivity contribution in [2.24, 2.45) is 0 Å². The minimum Gasteiger partial charge on any atom is -0.361 e. The molecule has 4 rings (SSSR count). The van der Waals surface area contributed by atoms with E-state index in [4.69, 9.17) is 16.3 Å². The first-order valence-corrected chi connectivity index (χ1v) is 16.9. The fraction of sp³-hybridized carbons (Fsp3) is 0.464. The Bertz CT molecular complexity index is 1180. The van der Waals surface area contributed by atoms with Crippen LogP contribution in [0.2, 0.25) is 30.7 Å². The number of hydrogen-bond acceptors (Lipinski definition) is 4. The lowest BCUT2D eigenvalue weighted by Gasteiger charge is -2.35. The van der Waals surface area contributed by atoms with E-state index in [0.717, 1.165) is 35.0 Å². The fourth-order valence-electron chi connectivity index (χ4n) is 4.72. The van der Waals surface area contributed by atoms with Crippen LogP contribution in [0.15, 0.2) is 42.5 Å². The topological polar surface area (TPSA) is 66.9 Å². The molecule has 2 saturated heterocycles. The van der Waals surface area contributed by atoms with E-state index in [-0.39, 0.29) is 36.1 Å². The maximum absolute atomic E-state index is 16.4. The molecular formula is C28H34ClFN2O4Si. The summed E-state index contributed by atoms with van der Waals surface area (Å²) in [5, 5.41) is 0.133. The molecule has 2 aromatic rings. The van der Waals surface area contributed by atoms with E-state index >= 15 is 4.39 Å². The molecule has 0 aromatic heterocycles. The summed E-state index contributed by atoms with van der Waals surface area (Å²) in [6.45, 7) is 7.46. The Morgan fingerprint density at radius 2 is 1.73 bits per heavy atom. The summed E-state index contributed by atoms with van der Waals surface area (Å²) in [6, 6.07) is 13.2. The maximum atomic E-state index is 16.4. The van der Waals surface area contributed by atoms with Gasteiger partial charge < -0.3 is 9.64 Å². The van der Waals surface area contributed by atoms with Gasteiger partial charge in [-0.25, -0.2) is 4.39 Å². The highest BCUT2D eigenvalue weighted by atomic mass is 35.5. The maximum Gasteiger partial charge on any atom is 0.273 e. The van der Waals surface area contributed by atoms with Gasteiger partial charge in [-0.3, -0.25) is 19.3 Å². The van der Waals surface area contributed by atoms with E-state index in [1.54, 1.807) is 17.0 Å². The third-order valence-corrected chi connectivity index (χ3v) is 9.14. The summed E-state index contributed by atoms with van der Waals surface area (Å²) in [4.78, 5) is 40.7. The first kappa shape index (κ1) is 27.5. The number of halogens is 2. The van der Waals surface area contributed by atoms with Gasteiger partial charge >= 0.3 is 0 Å². The molecule has 0 N–H and O–H groups in total. The third kappa shape index (κ3) is 5.97. The lowest BCUT2D eigenvalue weighted by Crippen LogP contribution is -2.52. The number of nitrogens with zero attached hydrogens (tertiary/aromatic N) is 2. The summed E-state index contributed by atoms with van der Waals surface area (Å²) in [7, 11) is -1.35. The molecule has 2 aliphatic heterocycles. The Hall–Kier alpha value is -2.55. The van der Waals surface area contributed by atoms with Gasteiger partial charge in [-0.1, -0.05) is 61.6 Å². The molecule has 2 fully saturated rings. The number of likely N-dealkylation sites (tertiary alicyclic amines) is 1. The molecule has 2 heterocycles. The molecule has 0 saturated carbocycles. The Kier molecular flexibility index (Phi) is 8.21. The van der Waals surface area contributed by atoms with Crippen LogP contribution in [0.25, 0.3) is 11.1 Å². The second kappa shape index (κ2) is 11.1. The van der Waals surface area contributed by atoms with Crippen LogP contribution in [0.3, 0.4) is 0 Å². The molecule has 2 aromatic carbocycles. The highest BCUT2D eigenvalue weighted by Crippen LogP contribution is 2.44. The fourth-order valence-corrected chi connectivity index (χ4v) is 5.87. The highest BCUT2D eigenvalue weighted by Gasteiger charge is 2.50. The Labute approximate surface area is 223 Å². The predicted molar refractivity (Wildman–Crippen MR) is 146 cm³/mol. The second-order valence-corrected chi connectivity index (χ2v) is 17.0. The number of alkyl halides is 1. The zero-order chi connectivity index (χ0) is 26.8. The lowest BCUT2D eigenvalue weighted by atomic mass is 9.85. The van der Waals surface area contributed by atoms with Crippen molar-refractivity contribution in [1.82, 2.24) is 4.90 Å². The van der Waals surface area contributed by atoms with Gasteiger partial charge in [0.15, 0.2) is 0 Å². The van der Waals surface area contributed by atoms with Crippen LogP contribution >= 0.6 is 11.6 Å². The number of imide groups is 1. The number of carbonyl (C=O) groups is 3. The standard InChI is InChI=1S/C28H34ClFN2O4Si/c1-37(2,3)18-17-36-19-32-25(34)14-15-28(30,27(32)35)23-8-6-7-22(26(23)29)20-10-12-21(13-11-20)31-16-5-4-9-24(31)33/h6-8,10-13H,4-5,9,14-19H2,1-3H3. The molecule has 0 bridgehead atoms.